The number of nitrogens with one attached hydrogen (secondary N) is 1. The van der Waals surface area contributed by atoms with E-state index in [0.717, 1.165) is 0 Å². The van der Waals surface area contributed by atoms with Crippen LogP contribution in [0.2, 0.25) is 0 Å². The van der Waals surface area contributed by atoms with Gasteiger partial charge in [-0.2, -0.15) is 13.2 Å². The Kier molecular flexibility index (Phi) is 6.90. The average molecular weight is 392 g/mol. The second-order valence-electron chi connectivity index (χ2n) is 4.79. The molecule has 1 heterocycles. The summed E-state index contributed by atoms with van der Waals surface area (Å²) in [5.41, 5.74) is 0.366. The summed E-state index contributed by atoms with van der Waals surface area (Å²) in [4.78, 5) is 1.76. The molecule has 8 heteroatoms. The van der Waals surface area contributed by atoms with E-state index in [1.54, 1.807) is 11.0 Å². The van der Waals surface area contributed by atoms with E-state index < -0.39 is 24.5 Å². The minimum Gasteiger partial charge on any atom is -0.314 e. The van der Waals surface area contributed by atoms with Gasteiger partial charge in [0.2, 0.25) is 0 Å². The van der Waals surface area contributed by atoms with Crippen LogP contribution in [-0.4, -0.2) is 37.3 Å². The van der Waals surface area contributed by atoms with Crippen molar-refractivity contribution >= 4 is 28.3 Å². The van der Waals surface area contributed by atoms with Gasteiger partial charge in [-0.25, -0.2) is 4.39 Å². The van der Waals surface area contributed by atoms with Crippen molar-refractivity contribution in [1.29, 1.82) is 0 Å². The van der Waals surface area contributed by atoms with Gasteiger partial charge in [0.25, 0.3) is 0 Å². The lowest BCUT2D eigenvalue weighted by Crippen LogP contribution is -2.46. The molecule has 1 aliphatic heterocycles. The first-order valence-corrected chi connectivity index (χ1v) is 7.12. The molecule has 1 atom stereocenters. The fraction of sp³-hybridized carbons (Fsp3) is 0.538. The topological polar surface area (TPSA) is 15.3 Å². The Morgan fingerprint density at radius 2 is 1.86 bits per heavy atom. The van der Waals surface area contributed by atoms with Crippen LogP contribution in [0, 0.1) is 5.82 Å². The van der Waals surface area contributed by atoms with Crippen molar-refractivity contribution in [2.24, 2.45) is 0 Å². The number of piperazine rings is 1. The van der Waals surface area contributed by atoms with Gasteiger partial charge in [-0.05, 0) is 33.6 Å². The Bertz CT molecular complexity index is 464. The summed E-state index contributed by atoms with van der Waals surface area (Å²) >= 11 is 3.02. The van der Waals surface area contributed by atoms with Crippen molar-refractivity contribution in [3.8, 4) is 0 Å². The molecule has 0 unspecified atom stereocenters. The number of benzene rings is 1. The highest BCUT2D eigenvalue weighted by Crippen LogP contribution is 2.35. The molecule has 0 saturated carbocycles. The van der Waals surface area contributed by atoms with Crippen LogP contribution in [-0.2, 0) is 0 Å². The summed E-state index contributed by atoms with van der Waals surface area (Å²) in [6.45, 7) is 2.34. The molecule has 1 aromatic carbocycles. The predicted molar refractivity (Wildman–Crippen MR) is 79.2 cm³/mol. The minimum atomic E-state index is -4.28. The fourth-order valence-electron chi connectivity index (χ4n) is 2.39. The van der Waals surface area contributed by atoms with Gasteiger partial charge in [0.1, 0.15) is 5.82 Å². The van der Waals surface area contributed by atoms with E-state index in [2.05, 4.69) is 21.2 Å². The van der Waals surface area contributed by atoms with E-state index in [9.17, 15) is 17.6 Å². The minimum absolute atomic E-state index is 0. The van der Waals surface area contributed by atoms with Crippen LogP contribution in [0.1, 0.15) is 18.0 Å². The molecule has 120 valence electrons. The highest BCUT2D eigenvalue weighted by molar-refractivity contribution is 9.10. The Balaban J connectivity index is 0.00000220. The smallest absolute Gasteiger partial charge is 0.314 e. The third-order valence-corrected chi connectivity index (χ3v) is 3.99. The molecule has 1 saturated heterocycles. The van der Waals surface area contributed by atoms with E-state index in [4.69, 9.17) is 0 Å². The van der Waals surface area contributed by atoms with Crippen molar-refractivity contribution in [3.63, 3.8) is 0 Å². The molecule has 21 heavy (non-hydrogen) atoms. The summed E-state index contributed by atoms with van der Waals surface area (Å²) in [5.74, 6) is -0.537. The number of alkyl halides is 3. The number of nitrogens with zero attached hydrogens (tertiary/aromatic N) is 1. The molecule has 1 aromatic rings. The summed E-state index contributed by atoms with van der Waals surface area (Å²) in [5, 5.41) is 3.10. The fourth-order valence-corrected chi connectivity index (χ4v) is 2.64. The maximum atomic E-state index is 13.6. The zero-order chi connectivity index (χ0) is 14.8. The van der Waals surface area contributed by atoms with Crippen molar-refractivity contribution in [1.82, 2.24) is 10.2 Å². The zero-order valence-electron chi connectivity index (χ0n) is 11.1. The molecular weight excluding hydrogens is 376 g/mol. The van der Waals surface area contributed by atoms with Gasteiger partial charge < -0.3 is 5.32 Å². The highest BCUT2D eigenvalue weighted by Gasteiger charge is 2.36. The van der Waals surface area contributed by atoms with Gasteiger partial charge in [0.05, 0.1) is 10.9 Å². The van der Waals surface area contributed by atoms with Gasteiger partial charge in [0, 0.05) is 32.2 Å². The van der Waals surface area contributed by atoms with Crippen LogP contribution in [0.5, 0.6) is 0 Å². The van der Waals surface area contributed by atoms with Crippen LogP contribution in [0.4, 0.5) is 17.6 Å². The quantitative estimate of drug-likeness (QED) is 0.786. The van der Waals surface area contributed by atoms with E-state index in [-0.39, 0.29) is 16.9 Å². The first-order chi connectivity index (χ1) is 9.37. The van der Waals surface area contributed by atoms with Crippen LogP contribution >= 0.6 is 28.3 Å². The molecule has 0 aliphatic carbocycles. The second kappa shape index (κ2) is 7.76. The van der Waals surface area contributed by atoms with E-state index in [1.165, 1.54) is 12.1 Å². The molecule has 2 nitrogen and oxygen atoms in total. The number of hydrogen-bond donors (Lipinski definition) is 1. The maximum Gasteiger partial charge on any atom is 0.390 e. The molecule has 0 bridgehead atoms. The van der Waals surface area contributed by atoms with Gasteiger partial charge in [-0.15, -0.1) is 12.4 Å². The SMILES string of the molecule is Cl.Fc1cc([C@@H](CC(F)(F)F)N2CCNCC2)ccc1Br. The third kappa shape index (κ3) is 5.39. The van der Waals surface area contributed by atoms with Crippen LogP contribution in [0.25, 0.3) is 0 Å². The maximum absolute atomic E-state index is 13.6. The molecule has 0 amide bonds. The Labute approximate surface area is 135 Å². The molecule has 1 N–H and O–H groups in total. The summed E-state index contributed by atoms with van der Waals surface area (Å²) in [6, 6.07) is 3.35. The standard InChI is InChI=1S/C13H15BrF4N2.ClH/c14-10-2-1-9(7-11(10)15)12(8-13(16,17)18)20-5-3-19-4-6-20;/h1-2,7,12,19H,3-6,8H2;1H/t12-;/m1./s1. The van der Waals surface area contributed by atoms with Crippen molar-refractivity contribution < 1.29 is 17.6 Å². The molecule has 1 fully saturated rings. The summed E-state index contributed by atoms with van der Waals surface area (Å²) in [6.07, 6.45) is -5.24. The normalized spacial score (nSPS) is 18.1. The van der Waals surface area contributed by atoms with E-state index in [0.29, 0.717) is 31.7 Å². The number of hydrogen-bond acceptors (Lipinski definition) is 2. The Morgan fingerprint density at radius 1 is 1.24 bits per heavy atom. The second-order valence-corrected chi connectivity index (χ2v) is 5.65. The molecule has 2 rings (SSSR count). The molecule has 1 aliphatic rings. The van der Waals surface area contributed by atoms with Crippen LogP contribution in [0.3, 0.4) is 0 Å². The van der Waals surface area contributed by atoms with E-state index >= 15 is 0 Å². The van der Waals surface area contributed by atoms with Crippen LogP contribution in [0.15, 0.2) is 22.7 Å². The number of halogens is 6. The van der Waals surface area contributed by atoms with Crippen molar-refractivity contribution in [2.45, 2.75) is 18.6 Å². The van der Waals surface area contributed by atoms with Gasteiger partial charge in [0.15, 0.2) is 0 Å². The lowest BCUT2D eigenvalue weighted by atomic mass is 10.0. The lowest BCUT2D eigenvalue weighted by molar-refractivity contribution is -0.148. The largest absolute Gasteiger partial charge is 0.390 e. The van der Waals surface area contributed by atoms with Crippen LogP contribution < -0.4 is 5.32 Å². The monoisotopic (exact) mass is 390 g/mol. The first-order valence-electron chi connectivity index (χ1n) is 6.33. The Hall–Kier alpha value is -0.370. The number of rotatable bonds is 3. The Morgan fingerprint density at radius 3 is 2.38 bits per heavy atom. The highest BCUT2D eigenvalue weighted by atomic mass is 79.9. The molecule has 0 spiro atoms. The molecule has 0 radical (unpaired) electrons. The summed E-state index contributed by atoms with van der Waals surface area (Å²) in [7, 11) is 0. The predicted octanol–water partition coefficient (Wildman–Crippen LogP) is 3.91. The lowest BCUT2D eigenvalue weighted by Gasteiger charge is -2.35. The first kappa shape index (κ1) is 18.7. The van der Waals surface area contributed by atoms with Crippen molar-refractivity contribution in [2.75, 3.05) is 26.2 Å². The van der Waals surface area contributed by atoms with E-state index in [1.807, 2.05) is 0 Å². The summed E-state index contributed by atoms with van der Waals surface area (Å²) < 4.78 is 52.2. The zero-order valence-corrected chi connectivity index (χ0v) is 13.5. The molecule has 0 aromatic heterocycles. The average Bonchev–Trinajstić information content (AvgIpc) is 2.39. The van der Waals surface area contributed by atoms with Gasteiger partial charge >= 0.3 is 6.18 Å². The molecular formula is C13H16BrClF4N2. The van der Waals surface area contributed by atoms with Gasteiger partial charge in [-0.3, -0.25) is 4.90 Å². The third-order valence-electron chi connectivity index (χ3n) is 3.35. The van der Waals surface area contributed by atoms with Gasteiger partial charge in [-0.1, -0.05) is 6.07 Å². The van der Waals surface area contributed by atoms with Crippen molar-refractivity contribution in [3.05, 3.63) is 34.1 Å².